The van der Waals surface area contributed by atoms with Gasteiger partial charge in [0.1, 0.15) is 0 Å². The maximum atomic E-state index is 11.6. The third kappa shape index (κ3) is 5.09. The minimum atomic E-state index is -0.0415. The number of halogens is 2. The van der Waals surface area contributed by atoms with E-state index in [1.165, 1.54) is 0 Å². The van der Waals surface area contributed by atoms with E-state index in [9.17, 15) is 4.79 Å². The molecule has 1 amide bonds. The Balaban J connectivity index is 2.46. The third-order valence-electron chi connectivity index (χ3n) is 2.54. The molecule has 1 aromatic rings. The summed E-state index contributed by atoms with van der Waals surface area (Å²) in [6.45, 7) is 1.95. The van der Waals surface area contributed by atoms with E-state index in [4.69, 9.17) is 11.6 Å². The summed E-state index contributed by atoms with van der Waals surface area (Å²) in [6.07, 6.45) is 2.50. The van der Waals surface area contributed by atoms with Crippen molar-refractivity contribution in [1.82, 2.24) is 5.32 Å². The van der Waals surface area contributed by atoms with Crippen LogP contribution in [0.5, 0.6) is 0 Å². The molecule has 0 saturated carbocycles. The van der Waals surface area contributed by atoms with Crippen molar-refractivity contribution in [2.24, 2.45) is 0 Å². The van der Waals surface area contributed by atoms with Gasteiger partial charge in [0.2, 0.25) is 5.91 Å². The number of alkyl halides is 1. The molecule has 1 N–H and O–H groups in total. The summed E-state index contributed by atoms with van der Waals surface area (Å²) in [4.78, 5) is 11.6. The van der Waals surface area contributed by atoms with Gasteiger partial charge in [0, 0.05) is 16.8 Å². The van der Waals surface area contributed by atoms with Crippen LogP contribution in [0.3, 0.4) is 0 Å². The average Bonchev–Trinajstić information content (AvgIpc) is 2.29. The second kappa shape index (κ2) is 7.72. The smallest absolute Gasteiger partial charge is 0.220 e. The lowest BCUT2D eigenvalue weighted by Crippen LogP contribution is -2.26. The van der Waals surface area contributed by atoms with Crippen LogP contribution < -0.4 is 5.32 Å². The van der Waals surface area contributed by atoms with Gasteiger partial charge in [0.15, 0.2) is 0 Å². The zero-order valence-corrected chi connectivity index (χ0v) is 12.2. The zero-order valence-electron chi connectivity index (χ0n) is 9.88. The van der Waals surface area contributed by atoms with Gasteiger partial charge in [-0.3, -0.25) is 4.79 Å². The Hall–Kier alpha value is -0.540. The number of unbranched alkanes of at least 4 members (excludes halogenated alkanes) is 1. The maximum absolute atomic E-state index is 11.6. The Morgan fingerprint density at radius 2 is 2.12 bits per heavy atom. The Labute approximate surface area is 116 Å². The first kappa shape index (κ1) is 14.5. The van der Waals surface area contributed by atoms with E-state index in [2.05, 4.69) is 21.2 Å². The van der Waals surface area contributed by atoms with Gasteiger partial charge < -0.3 is 5.32 Å². The van der Waals surface area contributed by atoms with Gasteiger partial charge in [0.05, 0.1) is 6.04 Å². The van der Waals surface area contributed by atoms with E-state index in [0.717, 1.165) is 23.7 Å². The molecule has 4 heteroatoms. The number of carbonyl (C=O) groups is 1. The van der Waals surface area contributed by atoms with E-state index in [1.807, 2.05) is 31.2 Å². The van der Waals surface area contributed by atoms with Gasteiger partial charge in [-0.1, -0.05) is 45.7 Å². The van der Waals surface area contributed by atoms with Crippen LogP contribution in [0.4, 0.5) is 0 Å². The van der Waals surface area contributed by atoms with Crippen LogP contribution in [-0.2, 0) is 4.79 Å². The Morgan fingerprint density at radius 1 is 1.41 bits per heavy atom. The number of hydrogen-bond donors (Lipinski definition) is 1. The van der Waals surface area contributed by atoms with Gasteiger partial charge >= 0.3 is 0 Å². The SMILES string of the molecule is C[C@H](NC(=O)CCCCBr)c1ccccc1Cl. The molecule has 0 spiro atoms. The molecule has 0 radical (unpaired) electrons. The normalized spacial score (nSPS) is 12.2. The topological polar surface area (TPSA) is 29.1 Å². The molecule has 0 fully saturated rings. The number of hydrogen-bond acceptors (Lipinski definition) is 1. The molecule has 0 heterocycles. The van der Waals surface area contributed by atoms with Gasteiger partial charge in [-0.25, -0.2) is 0 Å². The summed E-state index contributed by atoms with van der Waals surface area (Å²) in [7, 11) is 0. The maximum Gasteiger partial charge on any atom is 0.220 e. The first-order valence-corrected chi connectivity index (χ1v) is 7.25. The summed E-state index contributed by atoms with van der Waals surface area (Å²) >= 11 is 9.42. The summed E-state index contributed by atoms with van der Waals surface area (Å²) in [5.74, 6) is 0.0818. The first-order valence-electron chi connectivity index (χ1n) is 5.75. The number of amides is 1. The third-order valence-corrected chi connectivity index (χ3v) is 3.44. The molecule has 94 valence electrons. The molecular formula is C13H17BrClNO. The van der Waals surface area contributed by atoms with Gasteiger partial charge in [0.25, 0.3) is 0 Å². The van der Waals surface area contributed by atoms with Crippen LogP contribution >= 0.6 is 27.5 Å². The summed E-state index contributed by atoms with van der Waals surface area (Å²) in [5, 5.41) is 4.60. The van der Waals surface area contributed by atoms with Crippen LogP contribution in [0.25, 0.3) is 0 Å². The lowest BCUT2D eigenvalue weighted by molar-refractivity contribution is -0.121. The van der Waals surface area contributed by atoms with E-state index in [-0.39, 0.29) is 11.9 Å². The molecule has 0 saturated heterocycles. The van der Waals surface area contributed by atoms with Crippen LogP contribution in [0.2, 0.25) is 5.02 Å². The fourth-order valence-corrected chi connectivity index (χ4v) is 2.29. The Bertz CT molecular complexity index is 370. The highest BCUT2D eigenvalue weighted by Crippen LogP contribution is 2.22. The molecule has 0 aromatic heterocycles. The number of carbonyl (C=O) groups excluding carboxylic acids is 1. The average molecular weight is 319 g/mol. The summed E-state index contributed by atoms with van der Waals surface area (Å²) < 4.78 is 0. The van der Waals surface area contributed by atoms with Crippen molar-refractivity contribution in [3.8, 4) is 0 Å². The lowest BCUT2D eigenvalue weighted by atomic mass is 10.1. The molecule has 1 aromatic carbocycles. The van der Waals surface area contributed by atoms with Crippen LogP contribution in [0.1, 0.15) is 37.8 Å². The summed E-state index contributed by atoms with van der Waals surface area (Å²) in [6, 6.07) is 7.54. The molecule has 1 atom stereocenters. The van der Waals surface area contributed by atoms with Crippen LogP contribution in [0.15, 0.2) is 24.3 Å². The van der Waals surface area contributed by atoms with Crippen molar-refractivity contribution in [2.45, 2.75) is 32.2 Å². The monoisotopic (exact) mass is 317 g/mol. The largest absolute Gasteiger partial charge is 0.350 e. The molecule has 0 aliphatic rings. The molecule has 0 aliphatic carbocycles. The molecule has 0 bridgehead atoms. The van der Waals surface area contributed by atoms with Crippen molar-refractivity contribution in [2.75, 3.05) is 5.33 Å². The van der Waals surface area contributed by atoms with Gasteiger partial charge in [-0.15, -0.1) is 0 Å². The minimum Gasteiger partial charge on any atom is -0.350 e. The van der Waals surface area contributed by atoms with E-state index >= 15 is 0 Å². The van der Waals surface area contributed by atoms with Crippen molar-refractivity contribution in [3.63, 3.8) is 0 Å². The molecule has 0 aliphatic heterocycles. The molecule has 2 nitrogen and oxygen atoms in total. The van der Waals surface area contributed by atoms with Crippen molar-refractivity contribution < 1.29 is 4.79 Å². The van der Waals surface area contributed by atoms with Gasteiger partial charge in [-0.05, 0) is 31.4 Å². The van der Waals surface area contributed by atoms with Crippen molar-refractivity contribution in [3.05, 3.63) is 34.9 Å². The quantitative estimate of drug-likeness (QED) is 0.621. The Kier molecular flexibility index (Phi) is 6.60. The number of benzene rings is 1. The standard InChI is InChI=1S/C13H17BrClNO/c1-10(11-6-2-3-7-12(11)15)16-13(17)8-4-5-9-14/h2-3,6-7,10H,4-5,8-9H2,1H3,(H,16,17)/t10-/m0/s1. The lowest BCUT2D eigenvalue weighted by Gasteiger charge is -2.15. The predicted molar refractivity (Wildman–Crippen MR) is 75.7 cm³/mol. The van der Waals surface area contributed by atoms with Crippen LogP contribution in [0, 0.1) is 0 Å². The molecule has 0 unspecified atom stereocenters. The Morgan fingerprint density at radius 3 is 2.76 bits per heavy atom. The molecular weight excluding hydrogens is 302 g/mol. The highest BCUT2D eigenvalue weighted by Gasteiger charge is 2.11. The van der Waals surface area contributed by atoms with Crippen molar-refractivity contribution in [1.29, 1.82) is 0 Å². The predicted octanol–water partition coefficient (Wildman–Crippen LogP) is 4.08. The highest BCUT2D eigenvalue weighted by atomic mass is 79.9. The minimum absolute atomic E-state index is 0.0415. The second-order valence-electron chi connectivity index (χ2n) is 3.96. The summed E-state index contributed by atoms with van der Waals surface area (Å²) in [5.41, 5.74) is 0.961. The van der Waals surface area contributed by atoms with Gasteiger partial charge in [-0.2, -0.15) is 0 Å². The number of nitrogens with one attached hydrogen (secondary N) is 1. The fraction of sp³-hybridized carbons (Fsp3) is 0.462. The zero-order chi connectivity index (χ0) is 12.7. The fourth-order valence-electron chi connectivity index (χ4n) is 1.60. The van der Waals surface area contributed by atoms with E-state index in [1.54, 1.807) is 0 Å². The second-order valence-corrected chi connectivity index (χ2v) is 5.16. The molecule has 17 heavy (non-hydrogen) atoms. The van der Waals surface area contributed by atoms with Crippen LogP contribution in [-0.4, -0.2) is 11.2 Å². The van der Waals surface area contributed by atoms with E-state index in [0.29, 0.717) is 11.4 Å². The number of rotatable bonds is 6. The van der Waals surface area contributed by atoms with E-state index < -0.39 is 0 Å². The first-order chi connectivity index (χ1) is 8.15. The molecule has 1 rings (SSSR count). The van der Waals surface area contributed by atoms with Crippen molar-refractivity contribution >= 4 is 33.4 Å². The highest BCUT2D eigenvalue weighted by molar-refractivity contribution is 9.09.